The summed E-state index contributed by atoms with van der Waals surface area (Å²) in [4.78, 5) is 46.4. The summed E-state index contributed by atoms with van der Waals surface area (Å²) in [7, 11) is 0. The highest BCUT2D eigenvalue weighted by Gasteiger charge is 2.22. The Labute approximate surface area is 147 Å². The zero-order valence-electron chi connectivity index (χ0n) is 14.5. The lowest BCUT2D eigenvalue weighted by atomic mass is 10.1. The van der Waals surface area contributed by atoms with Gasteiger partial charge in [-0.25, -0.2) is 0 Å². The average molecular weight is 358 g/mol. The molecule has 144 valence electrons. The molecule has 4 amide bonds. The van der Waals surface area contributed by atoms with Gasteiger partial charge >= 0.3 is 0 Å². The maximum absolute atomic E-state index is 11.9. The summed E-state index contributed by atoms with van der Waals surface area (Å²) in [6, 6.07) is -1.72. The molecule has 0 aromatic rings. The molecule has 2 atom stereocenters. The minimum atomic E-state index is -0.858. The molecule has 0 aliphatic rings. The van der Waals surface area contributed by atoms with Crippen molar-refractivity contribution in [3.63, 3.8) is 0 Å². The lowest BCUT2D eigenvalue weighted by molar-refractivity contribution is -0.134. The fraction of sp³-hybridized carbons (Fsp3) is 0.733. The van der Waals surface area contributed by atoms with Crippen LogP contribution in [0.4, 0.5) is 0 Å². The number of hydrogen-bond acceptors (Lipinski definition) is 6. The first-order chi connectivity index (χ1) is 11.8. The highest BCUT2D eigenvalue weighted by atomic mass is 16.2. The molecule has 10 nitrogen and oxygen atoms in total. The Morgan fingerprint density at radius 2 is 1.04 bits per heavy atom. The maximum Gasteiger partial charge on any atom is 0.239 e. The quantitative estimate of drug-likeness (QED) is 0.147. The Morgan fingerprint density at radius 3 is 1.32 bits per heavy atom. The number of carbonyl (C=O) groups is 4. The summed E-state index contributed by atoms with van der Waals surface area (Å²) in [5, 5.41) is 4.83. The molecule has 0 heterocycles. The van der Waals surface area contributed by atoms with Crippen molar-refractivity contribution in [3.8, 4) is 0 Å². The van der Waals surface area contributed by atoms with Gasteiger partial charge in [-0.1, -0.05) is 0 Å². The predicted octanol–water partition coefficient (Wildman–Crippen LogP) is -2.43. The lowest BCUT2D eigenvalue weighted by Gasteiger charge is -2.17. The zero-order valence-corrected chi connectivity index (χ0v) is 14.5. The van der Waals surface area contributed by atoms with E-state index in [1.54, 1.807) is 0 Å². The number of nitrogens with two attached hydrogens (primary N) is 4. The van der Waals surface area contributed by atoms with Crippen molar-refractivity contribution in [2.24, 2.45) is 22.9 Å². The fourth-order valence-corrected chi connectivity index (χ4v) is 2.19. The first-order valence-corrected chi connectivity index (χ1v) is 8.39. The van der Waals surface area contributed by atoms with Crippen molar-refractivity contribution in [1.82, 2.24) is 10.6 Å². The van der Waals surface area contributed by atoms with E-state index in [1.165, 1.54) is 0 Å². The van der Waals surface area contributed by atoms with Crippen LogP contribution in [-0.4, -0.2) is 48.8 Å². The van der Waals surface area contributed by atoms with E-state index < -0.39 is 42.1 Å². The Hall–Kier alpha value is -2.20. The van der Waals surface area contributed by atoms with Crippen molar-refractivity contribution in [3.05, 3.63) is 0 Å². The van der Waals surface area contributed by atoms with Crippen molar-refractivity contribution in [1.29, 1.82) is 0 Å². The predicted molar refractivity (Wildman–Crippen MR) is 92.7 cm³/mol. The van der Waals surface area contributed by atoms with Gasteiger partial charge in [0.1, 0.15) is 18.5 Å². The van der Waals surface area contributed by atoms with E-state index in [0.717, 1.165) is 0 Å². The SMILES string of the molecule is NCCCCC(NC(=O)CC(=O)NC(CCCCN)C(N)=O)C(N)=O. The molecule has 0 radical (unpaired) electrons. The average Bonchev–Trinajstić information content (AvgIpc) is 2.52. The van der Waals surface area contributed by atoms with Crippen LogP contribution in [0.15, 0.2) is 0 Å². The van der Waals surface area contributed by atoms with Crippen LogP contribution in [0, 0.1) is 0 Å². The van der Waals surface area contributed by atoms with E-state index in [4.69, 9.17) is 22.9 Å². The van der Waals surface area contributed by atoms with Crippen LogP contribution in [0.2, 0.25) is 0 Å². The van der Waals surface area contributed by atoms with E-state index in [9.17, 15) is 19.2 Å². The molecular formula is C15H30N6O4. The summed E-state index contributed by atoms with van der Waals surface area (Å²) in [5.41, 5.74) is 21.2. The maximum atomic E-state index is 11.9. The zero-order chi connectivity index (χ0) is 19.2. The van der Waals surface area contributed by atoms with Crippen molar-refractivity contribution in [2.45, 2.75) is 57.0 Å². The first kappa shape index (κ1) is 22.8. The molecule has 10 heteroatoms. The Kier molecular flexibility index (Phi) is 12.0. The number of rotatable bonds is 14. The molecule has 25 heavy (non-hydrogen) atoms. The molecule has 2 unspecified atom stereocenters. The Morgan fingerprint density at radius 1 is 0.680 bits per heavy atom. The Bertz CT molecular complexity index is 417. The van der Waals surface area contributed by atoms with Crippen LogP contribution in [0.5, 0.6) is 0 Å². The standard InChI is InChI=1S/C15H30N6O4/c16-7-3-1-5-10(14(18)24)20-12(22)9-13(23)21-11(15(19)25)6-2-4-8-17/h10-11H,1-9,16-17H2,(H2,18,24)(H2,19,25)(H,20,22)(H,21,23). The first-order valence-electron chi connectivity index (χ1n) is 8.39. The summed E-state index contributed by atoms with van der Waals surface area (Å²) < 4.78 is 0. The smallest absolute Gasteiger partial charge is 0.239 e. The number of nitrogens with one attached hydrogen (secondary N) is 2. The summed E-state index contributed by atoms with van der Waals surface area (Å²) in [6.07, 6.45) is 2.82. The summed E-state index contributed by atoms with van der Waals surface area (Å²) >= 11 is 0. The van der Waals surface area contributed by atoms with Gasteiger partial charge in [-0.3, -0.25) is 19.2 Å². The minimum absolute atomic E-state index is 0.350. The van der Waals surface area contributed by atoms with Gasteiger partial charge in [0, 0.05) is 0 Å². The normalized spacial score (nSPS) is 12.9. The number of amides is 4. The highest BCUT2D eigenvalue weighted by Crippen LogP contribution is 2.02. The summed E-state index contributed by atoms with van der Waals surface area (Å²) in [5.74, 6) is -2.66. The number of carbonyl (C=O) groups excluding carboxylic acids is 4. The molecule has 0 aliphatic heterocycles. The van der Waals surface area contributed by atoms with Crippen LogP contribution in [0.25, 0.3) is 0 Å². The van der Waals surface area contributed by atoms with Gasteiger partial charge in [0.2, 0.25) is 23.6 Å². The minimum Gasteiger partial charge on any atom is -0.368 e. The molecule has 0 aliphatic carbocycles. The Balaban J connectivity index is 4.42. The summed E-state index contributed by atoms with van der Waals surface area (Å²) in [6.45, 7) is 0.945. The van der Waals surface area contributed by atoms with Gasteiger partial charge in [0.25, 0.3) is 0 Å². The van der Waals surface area contributed by atoms with Crippen molar-refractivity contribution < 1.29 is 19.2 Å². The molecule has 0 aromatic heterocycles. The van der Waals surface area contributed by atoms with Crippen LogP contribution in [-0.2, 0) is 19.2 Å². The third-order valence-corrected chi connectivity index (χ3v) is 3.57. The van der Waals surface area contributed by atoms with Crippen molar-refractivity contribution in [2.75, 3.05) is 13.1 Å². The van der Waals surface area contributed by atoms with Gasteiger partial charge in [-0.2, -0.15) is 0 Å². The molecule has 0 bridgehead atoms. The van der Waals surface area contributed by atoms with Gasteiger partial charge in [0.15, 0.2) is 0 Å². The molecule has 0 saturated heterocycles. The molecule has 10 N–H and O–H groups in total. The number of primary amides is 2. The van der Waals surface area contributed by atoms with Crippen LogP contribution in [0.1, 0.15) is 44.9 Å². The van der Waals surface area contributed by atoms with E-state index in [-0.39, 0.29) is 0 Å². The van der Waals surface area contributed by atoms with E-state index in [2.05, 4.69) is 10.6 Å². The second-order valence-corrected chi connectivity index (χ2v) is 5.79. The highest BCUT2D eigenvalue weighted by molar-refractivity contribution is 6.00. The topological polar surface area (TPSA) is 196 Å². The third-order valence-electron chi connectivity index (χ3n) is 3.57. The van der Waals surface area contributed by atoms with E-state index in [0.29, 0.717) is 51.6 Å². The molecule has 0 saturated carbocycles. The van der Waals surface area contributed by atoms with Crippen molar-refractivity contribution >= 4 is 23.6 Å². The molecule has 0 rings (SSSR count). The molecule has 0 fully saturated rings. The number of hydrogen-bond donors (Lipinski definition) is 6. The van der Waals surface area contributed by atoms with Gasteiger partial charge < -0.3 is 33.6 Å². The van der Waals surface area contributed by atoms with Gasteiger partial charge in [-0.05, 0) is 51.6 Å². The lowest BCUT2D eigenvalue weighted by Crippen LogP contribution is -2.48. The second kappa shape index (κ2) is 13.1. The van der Waals surface area contributed by atoms with Crippen LogP contribution >= 0.6 is 0 Å². The second-order valence-electron chi connectivity index (χ2n) is 5.79. The largest absolute Gasteiger partial charge is 0.368 e. The monoisotopic (exact) mass is 358 g/mol. The van der Waals surface area contributed by atoms with E-state index >= 15 is 0 Å². The molecule has 0 aromatic carbocycles. The number of unbranched alkanes of at least 4 members (excludes halogenated alkanes) is 2. The fourth-order valence-electron chi connectivity index (χ4n) is 2.19. The van der Waals surface area contributed by atoms with Gasteiger partial charge in [-0.15, -0.1) is 0 Å². The van der Waals surface area contributed by atoms with Gasteiger partial charge in [0.05, 0.1) is 0 Å². The van der Waals surface area contributed by atoms with Crippen LogP contribution < -0.4 is 33.6 Å². The molecule has 0 spiro atoms. The third kappa shape index (κ3) is 11.1. The van der Waals surface area contributed by atoms with E-state index in [1.807, 2.05) is 0 Å². The van der Waals surface area contributed by atoms with Crippen LogP contribution in [0.3, 0.4) is 0 Å². The molecular weight excluding hydrogens is 328 g/mol.